The summed E-state index contributed by atoms with van der Waals surface area (Å²) in [5.74, 6) is 0.537. The summed E-state index contributed by atoms with van der Waals surface area (Å²) in [6, 6.07) is 5.67. The number of ether oxygens (including phenoxy) is 2. The van der Waals surface area contributed by atoms with Crippen LogP contribution in [0.5, 0.6) is 11.5 Å². The first kappa shape index (κ1) is 16.2. The molecule has 0 fully saturated rings. The predicted molar refractivity (Wildman–Crippen MR) is 85.8 cm³/mol. The quantitative estimate of drug-likeness (QED) is 0.795. The van der Waals surface area contributed by atoms with Gasteiger partial charge in [0.1, 0.15) is 0 Å². The molecule has 0 saturated heterocycles. The maximum Gasteiger partial charge on any atom is 0.220 e. The molecule has 0 spiro atoms. The van der Waals surface area contributed by atoms with Crippen LogP contribution in [0.2, 0.25) is 0 Å². The van der Waals surface area contributed by atoms with Crippen LogP contribution in [0.1, 0.15) is 17.5 Å². The molecule has 1 aliphatic heterocycles. The Balaban J connectivity index is 2.57. The molecular weight excluding hydrogens is 302 g/mol. The van der Waals surface area contributed by atoms with Gasteiger partial charge in [-0.2, -0.15) is 17.9 Å². The van der Waals surface area contributed by atoms with Gasteiger partial charge in [-0.1, -0.05) is 0 Å². The van der Waals surface area contributed by atoms with Crippen molar-refractivity contribution in [3.05, 3.63) is 23.3 Å². The zero-order valence-corrected chi connectivity index (χ0v) is 13.3. The van der Waals surface area contributed by atoms with E-state index >= 15 is 0 Å². The summed E-state index contributed by atoms with van der Waals surface area (Å²) in [4.78, 5) is 15.7. The van der Waals surface area contributed by atoms with Crippen molar-refractivity contribution in [3.8, 4) is 17.6 Å². The summed E-state index contributed by atoms with van der Waals surface area (Å²) in [7, 11) is 3.10. The molecule has 1 atom stereocenters. The van der Waals surface area contributed by atoms with Gasteiger partial charge >= 0.3 is 0 Å². The van der Waals surface area contributed by atoms with Crippen molar-refractivity contribution in [1.29, 1.82) is 5.26 Å². The van der Waals surface area contributed by atoms with Gasteiger partial charge in [0.05, 0.1) is 32.4 Å². The third-order valence-electron chi connectivity index (χ3n) is 3.52. The normalized spacial score (nSPS) is 15.8. The van der Waals surface area contributed by atoms with Crippen molar-refractivity contribution in [3.63, 3.8) is 0 Å². The first-order valence-corrected chi connectivity index (χ1v) is 7.12. The molecule has 1 amide bonds. The van der Waals surface area contributed by atoms with E-state index in [0.29, 0.717) is 30.2 Å². The molecule has 7 heteroatoms. The van der Waals surface area contributed by atoms with Crippen molar-refractivity contribution in [2.24, 2.45) is 10.7 Å². The molecule has 0 saturated carbocycles. The van der Waals surface area contributed by atoms with Crippen LogP contribution in [-0.2, 0) is 11.2 Å². The van der Waals surface area contributed by atoms with Crippen LogP contribution in [0.25, 0.3) is 0 Å². The molecule has 0 aromatic heterocycles. The van der Waals surface area contributed by atoms with Gasteiger partial charge in [-0.05, 0) is 24.1 Å². The smallest absolute Gasteiger partial charge is 0.220 e. The molecule has 0 bridgehead atoms. The number of primary amides is 1. The highest BCUT2D eigenvalue weighted by molar-refractivity contribution is 7.83. The Bertz CT molecular complexity index is 681. The van der Waals surface area contributed by atoms with Crippen LogP contribution in [0.4, 0.5) is 0 Å². The highest BCUT2D eigenvalue weighted by Gasteiger charge is 2.37. The van der Waals surface area contributed by atoms with Crippen molar-refractivity contribution >= 4 is 24.2 Å². The van der Waals surface area contributed by atoms with Crippen LogP contribution in [0.3, 0.4) is 0 Å². The number of nitriles is 1. The summed E-state index contributed by atoms with van der Waals surface area (Å²) in [5, 5.41) is 9.47. The second kappa shape index (κ2) is 6.28. The minimum absolute atomic E-state index is 0.209. The minimum Gasteiger partial charge on any atom is -0.493 e. The van der Waals surface area contributed by atoms with E-state index in [1.807, 2.05) is 12.1 Å². The lowest BCUT2D eigenvalue weighted by molar-refractivity contribution is -0.118. The molecule has 116 valence electrons. The number of methoxy groups -OCH3 is 2. The third-order valence-corrected chi connectivity index (χ3v) is 3.99. The van der Waals surface area contributed by atoms with Crippen molar-refractivity contribution < 1.29 is 14.3 Å². The number of amides is 1. The Morgan fingerprint density at radius 2 is 2.09 bits per heavy atom. The molecule has 1 aliphatic rings. The third kappa shape index (κ3) is 2.88. The van der Waals surface area contributed by atoms with Crippen LogP contribution < -0.4 is 15.2 Å². The van der Waals surface area contributed by atoms with Crippen LogP contribution in [0.15, 0.2) is 17.1 Å². The fourth-order valence-corrected chi connectivity index (χ4v) is 2.85. The number of aliphatic imine (C=N–C) groups is 1. The number of thiol groups is 1. The number of carbonyl (C=O) groups is 1. The average molecular weight is 319 g/mol. The van der Waals surface area contributed by atoms with E-state index in [1.54, 1.807) is 13.2 Å². The van der Waals surface area contributed by atoms with Gasteiger partial charge in [-0.25, -0.2) is 0 Å². The molecule has 1 heterocycles. The zero-order valence-electron chi connectivity index (χ0n) is 12.4. The van der Waals surface area contributed by atoms with Crippen molar-refractivity contribution in [1.82, 2.24) is 0 Å². The molecule has 22 heavy (non-hydrogen) atoms. The minimum atomic E-state index is -1.36. The van der Waals surface area contributed by atoms with Crippen molar-refractivity contribution in [2.75, 3.05) is 20.8 Å². The maximum atomic E-state index is 11.3. The average Bonchev–Trinajstić information content (AvgIpc) is 2.51. The molecule has 2 rings (SSSR count). The van der Waals surface area contributed by atoms with Gasteiger partial charge in [-0.15, -0.1) is 0 Å². The topological polar surface area (TPSA) is 97.7 Å². The highest BCUT2D eigenvalue weighted by Crippen LogP contribution is 2.36. The zero-order chi connectivity index (χ0) is 16.3. The summed E-state index contributed by atoms with van der Waals surface area (Å²) in [5.41, 5.74) is 7.40. The lowest BCUT2D eigenvalue weighted by Crippen LogP contribution is -2.38. The van der Waals surface area contributed by atoms with Gasteiger partial charge in [0, 0.05) is 12.1 Å². The molecule has 6 nitrogen and oxygen atoms in total. The number of hydrogen-bond acceptors (Lipinski definition) is 6. The van der Waals surface area contributed by atoms with Gasteiger partial charge in [0.15, 0.2) is 16.2 Å². The van der Waals surface area contributed by atoms with E-state index in [4.69, 9.17) is 15.2 Å². The Hall–Kier alpha value is -2.20. The van der Waals surface area contributed by atoms with E-state index in [2.05, 4.69) is 17.6 Å². The first-order chi connectivity index (χ1) is 10.4. The number of rotatable bonds is 5. The summed E-state index contributed by atoms with van der Waals surface area (Å²) in [6.07, 6.45) is 0.504. The molecule has 1 unspecified atom stereocenters. The Morgan fingerprint density at radius 3 is 2.64 bits per heavy atom. The maximum absolute atomic E-state index is 11.3. The molecule has 2 N–H and O–H groups in total. The fourth-order valence-electron chi connectivity index (χ4n) is 2.50. The van der Waals surface area contributed by atoms with Crippen LogP contribution >= 0.6 is 12.6 Å². The largest absolute Gasteiger partial charge is 0.493 e. The lowest BCUT2D eigenvalue weighted by Gasteiger charge is -2.27. The van der Waals surface area contributed by atoms with E-state index in [1.165, 1.54) is 7.11 Å². The number of benzene rings is 1. The van der Waals surface area contributed by atoms with E-state index in [-0.39, 0.29) is 6.42 Å². The standard InChI is InChI=1S/C15H17N3O3S/c1-20-11-5-9-3-4-18-14(10(9)6-12(11)21-2)15(22,8-16)7-13(17)19/h5-6,22H,3-4,7H2,1-2H3,(H2,17,19). The molecular formula is C15H17N3O3S. The predicted octanol–water partition coefficient (Wildman–Crippen LogP) is 1.12. The lowest BCUT2D eigenvalue weighted by atomic mass is 9.87. The second-order valence-corrected chi connectivity index (χ2v) is 5.72. The highest BCUT2D eigenvalue weighted by atomic mass is 32.1. The van der Waals surface area contributed by atoms with Gasteiger partial charge in [-0.3, -0.25) is 9.79 Å². The first-order valence-electron chi connectivity index (χ1n) is 6.67. The Kier molecular flexibility index (Phi) is 4.62. The van der Waals surface area contributed by atoms with Gasteiger partial charge in [0.2, 0.25) is 5.91 Å². The molecule has 0 aliphatic carbocycles. The summed E-state index contributed by atoms with van der Waals surface area (Å²) >= 11 is 4.37. The number of nitrogens with two attached hydrogens (primary N) is 1. The molecule has 1 aromatic carbocycles. The number of carbonyl (C=O) groups excluding carboxylic acids is 1. The van der Waals surface area contributed by atoms with E-state index in [9.17, 15) is 10.1 Å². The number of fused-ring (bicyclic) bond motifs is 1. The van der Waals surface area contributed by atoms with E-state index in [0.717, 1.165) is 11.1 Å². The monoisotopic (exact) mass is 319 g/mol. The Morgan fingerprint density at radius 1 is 1.45 bits per heavy atom. The number of nitrogens with zero attached hydrogens (tertiary/aromatic N) is 2. The fraction of sp³-hybridized carbons (Fsp3) is 0.400. The summed E-state index contributed by atoms with van der Waals surface area (Å²) in [6.45, 7) is 0.514. The van der Waals surface area contributed by atoms with E-state index < -0.39 is 10.7 Å². The van der Waals surface area contributed by atoms with Gasteiger partial charge < -0.3 is 15.2 Å². The van der Waals surface area contributed by atoms with Crippen LogP contribution in [0, 0.1) is 11.3 Å². The molecule has 1 aromatic rings. The SMILES string of the molecule is COc1cc2c(cc1OC)C(C(S)(C#N)CC(N)=O)=NCC2. The van der Waals surface area contributed by atoms with Crippen LogP contribution in [-0.4, -0.2) is 37.1 Å². The Labute approximate surface area is 134 Å². The summed E-state index contributed by atoms with van der Waals surface area (Å²) < 4.78 is 9.23. The molecule has 0 radical (unpaired) electrons. The number of hydrogen-bond donors (Lipinski definition) is 2. The second-order valence-electron chi connectivity index (χ2n) is 4.96. The van der Waals surface area contributed by atoms with Gasteiger partial charge in [0.25, 0.3) is 0 Å². The van der Waals surface area contributed by atoms with Crippen molar-refractivity contribution in [2.45, 2.75) is 17.6 Å².